The van der Waals surface area contributed by atoms with Crippen molar-refractivity contribution in [1.82, 2.24) is 14.5 Å². The lowest BCUT2D eigenvalue weighted by Crippen LogP contribution is -1.99. The largest absolute Gasteiger partial charge is 0.309 e. The Balaban J connectivity index is 2.29. The Morgan fingerprint density at radius 1 is 1.11 bits per heavy atom. The highest BCUT2D eigenvalue weighted by molar-refractivity contribution is 5.80. The van der Waals surface area contributed by atoms with Crippen molar-refractivity contribution in [3.05, 3.63) is 48.7 Å². The predicted molar refractivity (Wildman–Crippen MR) is 68.6 cm³/mol. The molecule has 3 aromatic rings. The number of pyridine rings is 1. The van der Waals surface area contributed by atoms with Gasteiger partial charge >= 0.3 is 0 Å². The van der Waals surface area contributed by atoms with E-state index in [4.69, 9.17) is 5.26 Å². The highest BCUT2D eigenvalue weighted by Gasteiger charge is 2.12. The van der Waals surface area contributed by atoms with Gasteiger partial charge in [0.05, 0.1) is 17.1 Å². The molecule has 3 rings (SSSR count). The molecule has 0 aliphatic heterocycles. The van der Waals surface area contributed by atoms with Crippen molar-refractivity contribution in [3.63, 3.8) is 0 Å². The Morgan fingerprint density at radius 2 is 1.94 bits per heavy atom. The molecule has 1 aromatic carbocycles. The minimum absolute atomic E-state index is 0.270. The quantitative estimate of drug-likeness (QED) is 0.684. The monoisotopic (exact) mass is 234 g/mol. The molecule has 0 radical (unpaired) electrons. The van der Waals surface area contributed by atoms with Gasteiger partial charge in [-0.15, -0.1) is 0 Å². The smallest absolute Gasteiger partial charge is 0.160 e. The van der Waals surface area contributed by atoms with E-state index in [9.17, 15) is 0 Å². The fraction of sp³-hybridized carbons (Fsp3) is 0.0714. The maximum Gasteiger partial charge on any atom is 0.160 e. The number of imidazole rings is 1. The van der Waals surface area contributed by atoms with Gasteiger partial charge in [-0.05, 0) is 24.3 Å². The van der Waals surface area contributed by atoms with Gasteiger partial charge in [-0.25, -0.2) is 4.98 Å². The van der Waals surface area contributed by atoms with Crippen LogP contribution in [0.15, 0.2) is 48.7 Å². The molecule has 0 aliphatic carbocycles. The Bertz CT molecular complexity index is 722. The van der Waals surface area contributed by atoms with Gasteiger partial charge in [0, 0.05) is 6.20 Å². The molecule has 0 fully saturated rings. The summed E-state index contributed by atoms with van der Waals surface area (Å²) >= 11 is 0. The van der Waals surface area contributed by atoms with Crippen molar-refractivity contribution in [2.75, 3.05) is 0 Å². The van der Waals surface area contributed by atoms with Gasteiger partial charge in [0.15, 0.2) is 5.82 Å². The molecular weight excluding hydrogens is 224 g/mol. The summed E-state index contributed by atoms with van der Waals surface area (Å²) in [7, 11) is 0. The molecule has 0 spiro atoms. The third-order valence-corrected chi connectivity index (χ3v) is 2.78. The van der Waals surface area contributed by atoms with Crippen molar-refractivity contribution in [3.8, 4) is 17.6 Å². The van der Waals surface area contributed by atoms with Crippen LogP contribution in [0.1, 0.15) is 0 Å². The van der Waals surface area contributed by atoms with Crippen molar-refractivity contribution < 1.29 is 0 Å². The maximum atomic E-state index is 8.95. The highest BCUT2D eigenvalue weighted by atomic mass is 15.1. The van der Waals surface area contributed by atoms with Crippen molar-refractivity contribution in [2.45, 2.75) is 6.54 Å². The number of rotatable bonds is 2. The standard InChI is InChI=1S/C14H10N4/c15-8-10-18-13-7-2-1-5-11(13)17-14(18)12-6-3-4-9-16-12/h1-7,9H,10H2. The zero-order valence-corrected chi connectivity index (χ0v) is 9.61. The normalized spacial score (nSPS) is 10.4. The third-order valence-electron chi connectivity index (χ3n) is 2.78. The Morgan fingerprint density at radius 3 is 2.72 bits per heavy atom. The van der Waals surface area contributed by atoms with Crippen molar-refractivity contribution >= 4 is 11.0 Å². The van der Waals surface area contributed by atoms with E-state index in [0.29, 0.717) is 0 Å². The fourth-order valence-corrected chi connectivity index (χ4v) is 2.00. The Hall–Kier alpha value is -2.67. The zero-order chi connectivity index (χ0) is 12.4. The summed E-state index contributed by atoms with van der Waals surface area (Å²) < 4.78 is 1.89. The lowest BCUT2D eigenvalue weighted by Gasteiger charge is -2.03. The molecule has 0 amide bonds. The van der Waals surface area contributed by atoms with E-state index in [0.717, 1.165) is 22.6 Å². The fourth-order valence-electron chi connectivity index (χ4n) is 2.00. The first-order chi connectivity index (χ1) is 8.90. The molecule has 2 aromatic heterocycles. The van der Waals surface area contributed by atoms with Crippen LogP contribution in [0, 0.1) is 11.3 Å². The van der Waals surface area contributed by atoms with Gasteiger partial charge in [-0.1, -0.05) is 18.2 Å². The van der Waals surface area contributed by atoms with E-state index in [1.165, 1.54) is 0 Å². The molecule has 18 heavy (non-hydrogen) atoms. The molecular formula is C14H10N4. The summed E-state index contributed by atoms with van der Waals surface area (Å²) in [6.07, 6.45) is 1.73. The molecule has 0 atom stereocenters. The first-order valence-corrected chi connectivity index (χ1v) is 5.64. The number of para-hydroxylation sites is 2. The van der Waals surface area contributed by atoms with Crippen LogP contribution in [-0.4, -0.2) is 14.5 Å². The summed E-state index contributed by atoms with van der Waals surface area (Å²) in [5.74, 6) is 0.735. The Labute approximate surface area is 104 Å². The van der Waals surface area contributed by atoms with E-state index >= 15 is 0 Å². The second kappa shape index (κ2) is 4.30. The molecule has 0 bridgehead atoms. The molecule has 0 unspecified atom stereocenters. The van der Waals surface area contributed by atoms with Crippen molar-refractivity contribution in [1.29, 1.82) is 5.26 Å². The van der Waals surface area contributed by atoms with Gasteiger partial charge in [0.2, 0.25) is 0 Å². The van der Waals surface area contributed by atoms with Crippen LogP contribution < -0.4 is 0 Å². The van der Waals surface area contributed by atoms with Crippen molar-refractivity contribution in [2.24, 2.45) is 0 Å². The maximum absolute atomic E-state index is 8.95. The number of nitrogens with zero attached hydrogens (tertiary/aromatic N) is 4. The van der Waals surface area contributed by atoms with E-state index < -0.39 is 0 Å². The number of hydrogen-bond acceptors (Lipinski definition) is 3. The van der Waals surface area contributed by atoms with E-state index in [1.807, 2.05) is 47.0 Å². The van der Waals surface area contributed by atoms with Gasteiger partial charge in [0.25, 0.3) is 0 Å². The molecule has 0 saturated carbocycles. The first-order valence-electron chi connectivity index (χ1n) is 5.64. The lowest BCUT2D eigenvalue weighted by atomic mass is 10.3. The predicted octanol–water partition coefficient (Wildman–Crippen LogP) is 2.62. The number of nitriles is 1. The van der Waals surface area contributed by atoms with Crippen LogP contribution in [0.5, 0.6) is 0 Å². The molecule has 2 heterocycles. The van der Waals surface area contributed by atoms with Gasteiger partial charge in [-0.3, -0.25) is 4.98 Å². The van der Waals surface area contributed by atoms with E-state index in [2.05, 4.69) is 16.0 Å². The summed E-state index contributed by atoms with van der Waals surface area (Å²) in [4.78, 5) is 8.85. The summed E-state index contributed by atoms with van der Waals surface area (Å²) in [5, 5.41) is 8.95. The number of aromatic nitrogens is 3. The van der Waals surface area contributed by atoms with Crippen LogP contribution in [0.4, 0.5) is 0 Å². The Kier molecular flexibility index (Phi) is 2.50. The average molecular weight is 234 g/mol. The molecule has 0 N–H and O–H groups in total. The second-order valence-corrected chi connectivity index (χ2v) is 3.88. The number of hydrogen-bond donors (Lipinski definition) is 0. The minimum Gasteiger partial charge on any atom is -0.309 e. The second-order valence-electron chi connectivity index (χ2n) is 3.88. The lowest BCUT2D eigenvalue weighted by molar-refractivity contribution is 0.865. The molecule has 86 valence electrons. The topological polar surface area (TPSA) is 54.5 Å². The van der Waals surface area contributed by atoms with Crippen LogP contribution in [0.2, 0.25) is 0 Å². The van der Waals surface area contributed by atoms with Crippen LogP contribution >= 0.6 is 0 Å². The molecule has 4 heteroatoms. The van der Waals surface area contributed by atoms with Gasteiger partial charge in [-0.2, -0.15) is 5.26 Å². The highest BCUT2D eigenvalue weighted by Crippen LogP contribution is 2.22. The first kappa shape index (κ1) is 10.5. The number of fused-ring (bicyclic) bond motifs is 1. The minimum atomic E-state index is 0.270. The summed E-state index contributed by atoms with van der Waals surface area (Å²) in [6, 6.07) is 15.6. The molecule has 0 aliphatic rings. The average Bonchev–Trinajstić information content (AvgIpc) is 2.80. The van der Waals surface area contributed by atoms with E-state index in [1.54, 1.807) is 6.20 Å². The van der Waals surface area contributed by atoms with Gasteiger partial charge in [0.1, 0.15) is 12.2 Å². The van der Waals surface area contributed by atoms with E-state index in [-0.39, 0.29) is 6.54 Å². The van der Waals surface area contributed by atoms with Crippen LogP contribution in [0.3, 0.4) is 0 Å². The summed E-state index contributed by atoms with van der Waals surface area (Å²) in [6.45, 7) is 0.270. The van der Waals surface area contributed by atoms with Crippen LogP contribution in [-0.2, 0) is 6.54 Å². The summed E-state index contributed by atoms with van der Waals surface area (Å²) in [5.41, 5.74) is 2.62. The molecule has 0 saturated heterocycles. The van der Waals surface area contributed by atoms with Crippen LogP contribution in [0.25, 0.3) is 22.6 Å². The number of benzene rings is 1. The zero-order valence-electron chi connectivity index (χ0n) is 9.61. The van der Waals surface area contributed by atoms with Gasteiger partial charge < -0.3 is 4.57 Å². The SMILES string of the molecule is N#CCn1c(-c2ccccn2)nc2ccccc21. The molecule has 4 nitrogen and oxygen atoms in total. The third kappa shape index (κ3) is 1.62.